The molecule has 0 spiro atoms. The van der Waals surface area contributed by atoms with Gasteiger partial charge in [-0.2, -0.15) is 5.26 Å². The second kappa shape index (κ2) is 6.84. The van der Waals surface area contributed by atoms with Crippen molar-refractivity contribution in [2.75, 3.05) is 33.9 Å². The highest BCUT2D eigenvalue weighted by Crippen LogP contribution is 2.32. The maximum absolute atomic E-state index is 11.7. The van der Waals surface area contributed by atoms with E-state index in [1.165, 1.54) is 0 Å². The monoisotopic (exact) mass is 289 g/mol. The summed E-state index contributed by atoms with van der Waals surface area (Å²) in [6, 6.07) is 7.73. The zero-order chi connectivity index (χ0) is 15.2. The van der Waals surface area contributed by atoms with Gasteiger partial charge in [0.15, 0.2) is 11.5 Å². The smallest absolute Gasteiger partial charge is 0.317 e. The van der Waals surface area contributed by atoms with Crippen molar-refractivity contribution in [3.05, 3.63) is 23.8 Å². The molecule has 1 aromatic carbocycles. The molecule has 1 saturated heterocycles. The lowest BCUT2D eigenvalue weighted by Crippen LogP contribution is -2.32. The zero-order valence-electron chi connectivity index (χ0n) is 12.3. The molecule has 0 aliphatic carbocycles. The fraction of sp³-hybridized carbons (Fsp3) is 0.467. The highest BCUT2D eigenvalue weighted by atomic mass is 16.5. The Morgan fingerprint density at radius 1 is 1.38 bits per heavy atom. The first kappa shape index (κ1) is 15.0. The lowest BCUT2D eigenvalue weighted by atomic mass is 9.95. The lowest BCUT2D eigenvalue weighted by Gasteiger charge is -2.22. The van der Waals surface area contributed by atoms with Crippen molar-refractivity contribution >= 4 is 6.03 Å². The van der Waals surface area contributed by atoms with Crippen molar-refractivity contribution in [2.45, 2.75) is 12.3 Å². The number of nitrogens with zero attached hydrogens (tertiary/aromatic N) is 2. The van der Waals surface area contributed by atoms with Gasteiger partial charge in [0, 0.05) is 32.0 Å². The summed E-state index contributed by atoms with van der Waals surface area (Å²) in [5.41, 5.74) is 0.967. The molecule has 2 amide bonds. The van der Waals surface area contributed by atoms with Crippen LogP contribution in [0, 0.1) is 11.3 Å². The maximum Gasteiger partial charge on any atom is 0.317 e. The van der Waals surface area contributed by atoms with E-state index < -0.39 is 0 Å². The average Bonchev–Trinajstić information content (AvgIpc) is 2.91. The Morgan fingerprint density at radius 3 is 2.71 bits per heavy atom. The summed E-state index contributed by atoms with van der Waals surface area (Å²) in [6.07, 6.45) is 0.346. The SMILES string of the molecule is COc1ccc(C(CC#N)CN2CCNC2=O)cc1OC. The van der Waals surface area contributed by atoms with Gasteiger partial charge in [0.05, 0.1) is 20.3 Å². The largest absolute Gasteiger partial charge is 0.493 e. The van der Waals surface area contributed by atoms with Crippen molar-refractivity contribution < 1.29 is 14.3 Å². The van der Waals surface area contributed by atoms with E-state index in [4.69, 9.17) is 14.7 Å². The number of hydrogen-bond acceptors (Lipinski definition) is 4. The highest BCUT2D eigenvalue weighted by Gasteiger charge is 2.24. The number of nitrogens with one attached hydrogen (secondary N) is 1. The third-order valence-electron chi connectivity index (χ3n) is 3.60. The van der Waals surface area contributed by atoms with Gasteiger partial charge in [0.1, 0.15) is 0 Å². The van der Waals surface area contributed by atoms with Gasteiger partial charge < -0.3 is 19.7 Å². The van der Waals surface area contributed by atoms with Crippen molar-refractivity contribution in [3.63, 3.8) is 0 Å². The van der Waals surface area contributed by atoms with Crippen molar-refractivity contribution in [2.24, 2.45) is 0 Å². The quantitative estimate of drug-likeness (QED) is 0.865. The first-order chi connectivity index (χ1) is 10.2. The van der Waals surface area contributed by atoms with E-state index >= 15 is 0 Å². The molecule has 1 unspecified atom stereocenters. The fourth-order valence-corrected chi connectivity index (χ4v) is 2.46. The van der Waals surface area contributed by atoms with E-state index in [0.29, 0.717) is 37.6 Å². The van der Waals surface area contributed by atoms with Crippen LogP contribution in [0.2, 0.25) is 0 Å². The molecule has 21 heavy (non-hydrogen) atoms. The molecule has 1 aliphatic rings. The number of carbonyl (C=O) groups is 1. The molecule has 1 aromatic rings. The van der Waals surface area contributed by atoms with E-state index in [9.17, 15) is 4.79 Å². The van der Waals surface area contributed by atoms with E-state index in [1.807, 2.05) is 18.2 Å². The van der Waals surface area contributed by atoms with E-state index in [-0.39, 0.29) is 11.9 Å². The number of nitriles is 1. The zero-order valence-corrected chi connectivity index (χ0v) is 12.3. The molecule has 1 aliphatic heterocycles. The third-order valence-corrected chi connectivity index (χ3v) is 3.60. The second-order valence-corrected chi connectivity index (χ2v) is 4.85. The number of rotatable bonds is 6. The van der Waals surface area contributed by atoms with Crippen LogP contribution in [-0.2, 0) is 0 Å². The summed E-state index contributed by atoms with van der Waals surface area (Å²) < 4.78 is 10.5. The number of hydrogen-bond donors (Lipinski definition) is 1. The molecular weight excluding hydrogens is 270 g/mol. The number of urea groups is 1. The molecule has 0 radical (unpaired) electrons. The van der Waals surface area contributed by atoms with Gasteiger partial charge in [-0.3, -0.25) is 0 Å². The Labute approximate surface area is 124 Å². The third kappa shape index (κ3) is 3.37. The topological polar surface area (TPSA) is 74.6 Å². The van der Waals surface area contributed by atoms with Crippen LogP contribution >= 0.6 is 0 Å². The summed E-state index contributed by atoms with van der Waals surface area (Å²) in [5.74, 6) is 1.23. The summed E-state index contributed by atoms with van der Waals surface area (Å²) in [4.78, 5) is 13.4. The Hall–Kier alpha value is -2.42. The van der Waals surface area contributed by atoms with Gasteiger partial charge in [-0.1, -0.05) is 6.07 Å². The molecule has 1 fully saturated rings. The number of amides is 2. The van der Waals surface area contributed by atoms with Gasteiger partial charge in [-0.05, 0) is 17.7 Å². The predicted octanol–water partition coefficient (Wildman–Crippen LogP) is 1.73. The summed E-state index contributed by atoms with van der Waals surface area (Å²) in [5, 5.41) is 11.8. The van der Waals surface area contributed by atoms with Gasteiger partial charge >= 0.3 is 6.03 Å². The normalized spacial score (nSPS) is 15.3. The van der Waals surface area contributed by atoms with Crippen LogP contribution in [0.1, 0.15) is 17.9 Å². The van der Waals surface area contributed by atoms with Gasteiger partial charge in [-0.25, -0.2) is 4.79 Å². The fourth-order valence-electron chi connectivity index (χ4n) is 2.46. The summed E-state index contributed by atoms with van der Waals surface area (Å²) >= 11 is 0. The van der Waals surface area contributed by atoms with Crippen LogP contribution < -0.4 is 14.8 Å². The Balaban J connectivity index is 2.21. The van der Waals surface area contributed by atoms with Crippen LogP contribution in [0.4, 0.5) is 4.79 Å². The van der Waals surface area contributed by atoms with Crippen LogP contribution in [0.15, 0.2) is 18.2 Å². The predicted molar refractivity (Wildman–Crippen MR) is 77.5 cm³/mol. The molecule has 0 saturated carbocycles. The van der Waals surface area contributed by atoms with Crippen LogP contribution in [0.3, 0.4) is 0 Å². The van der Waals surface area contributed by atoms with E-state index in [2.05, 4.69) is 11.4 Å². The van der Waals surface area contributed by atoms with Gasteiger partial charge in [-0.15, -0.1) is 0 Å². The van der Waals surface area contributed by atoms with Crippen LogP contribution in [0.25, 0.3) is 0 Å². The minimum atomic E-state index is -0.0709. The molecule has 112 valence electrons. The minimum Gasteiger partial charge on any atom is -0.493 e. The molecular formula is C15H19N3O3. The van der Waals surface area contributed by atoms with Crippen LogP contribution in [-0.4, -0.2) is 44.8 Å². The molecule has 0 aromatic heterocycles. The first-order valence-corrected chi connectivity index (χ1v) is 6.81. The molecule has 1 N–H and O–H groups in total. The number of ether oxygens (including phenoxy) is 2. The number of methoxy groups -OCH3 is 2. The summed E-state index contributed by atoms with van der Waals surface area (Å²) in [7, 11) is 3.16. The van der Waals surface area contributed by atoms with Gasteiger partial charge in [0.25, 0.3) is 0 Å². The van der Waals surface area contributed by atoms with Gasteiger partial charge in [0.2, 0.25) is 0 Å². The molecule has 2 rings (SSSR count). The number of carbonyl (C=O) groups excluding carboxylic acids is 1. The average molecular weight is 289 g/mol. The Morgan fingerprint density at radius 2 is 2.14 bits per heavy atom. The van der Waals surface area contributed by atoms with E-state index in [0.717, 1.165) is 5.56 Å². The second-order valence-electron chi connectivity index (χ2n) is 4.85. The highest BCUT2D eigenvalue weighted by molar-refractivity contribution is 5.76. The number of benzene rings is 1. The van der Waals surface area contributed by atoms with Crippen molar-refractivity contribution in [1.82, 2.24) is 10.2 Å². The molecule has 6 heteroatoms. The molecule has 1 atom stereocenters. The standard InChI is InChI=1S/C15H19N3O3/c1-20-13-4-3-11(9-14(13)21-2)12(5-6-16)10-18-8-7-17-15(18)19/h3-4,9,12H,5,7-8,10H2,1-2H3,(H,17,19). The van der Waals surface area contributed by atoms with Crippen LogP contribution in [0.5, 0.6) is 11.5 Å². The Kier molecular flexibility index (Phi) is 4.88. The lowest BCUT2D eigenvalue weighted by molar-refractivity contribution is 0.214. The van der Waals surface area contributed by atoms with Crippen molar-refractivity contribution in [3.8, 4) is 17.6 Å². The van der Waals surface area contributed by atoms with E-state index in [1.54, 1.807) is 19.1 Å². The summed E-state index contributed by atoms with van der Waals surface area (Å²) in [6.45, 7) is 1.85. The Bertz CT molecular complexity index is 554. The molecule has 1 heterocycles. The van der Waals surface area contributed by atoms with Crippen molar-refractivity contribution in [1.29, 1.82) is 5.26 Å². The molecule has 0 bridgehead atoms. The minimum absolute atomic E-state index is 0.0429. The molecule has 6 nitrogen and oxygen atoms in total. The first-order valence-electron chi connectivity index (χ1n) is 6.81. The maximum atomic E-state index is 11.7.